The summed E-state index contributed by atoms with van der Waals surface area (Å²) in [4.78, 5) is 28.5. The Balaban J connectivity index is 2.03. The summed E-state index contributed by atoms with van der Waals surface area (Å²) in [6.07, 6.45) is 1.99. The average Bonchev–Trinajstić information content (AvgIpc) is 2.97. The second-order valence-electron chi connectivity index (χ2n) is 9.61. The van der Waals surface area contributed by atoms with Crippen molar-refractivity contribution in [2.45, 2.75) is 57.5 Å². The number of halogens is 2. The number of benzene rings is 3. The highest BCUT2D eigenvalue weighted by molar-refractivity contribution is 7.92. The molecule has 3 rings (SSSR count). The Kier molecular flexibility index (Phi) is 12.2. The number of anilines is 1. The predicted octanol–water partition coefficient (Wildman–Crippen LogP) is 5.80. The molecule has 1 unspecified atom stereocenters. The molecule has 42 heavy (non-hydrogen) atoms. The first-order chi connectivity index (χ1) is 20.1. The van der Waals surface area contributed by atoms with Crippen molar-refractivity contribution in [3.05, 3.63) is 89.2 Å². The molecular formula is C31H37ClFN3O5S. The van der Waals surface area contributed by atoms with E-state index in [1.54, 1.807) is 43.3 Å². The van der Waals surface area contributed by atoms with Crippen LogP contribution < -0.4 is 14.4 Å². The lowest BCUT2D eigenvalue weighted by Crippen LogP contribution is -2.52. The minimum absolute atomic E-state index is 0.0589. The van der Waals surface area contributed by atoms with E-state index in [4.69, 9.17) is 16.3 Å². The number of hydrogen-bond donors (Lipinski definition) is 1. The Morgan fingerprint density at radius 3 is 2.17 bits per heavy atom. The Labute approximate surface area is 252 Å². The van der Waals surface area contributed by atoms with E-state index >= 15 is 0 Å². The Bertz CT molecular complexity index is 1420. The molecule has 2 amide bonds. The molecule has 0 saturated heterocycles. The van der Waals surface area contributed by atoms with Crippen molar-refractivity contribution in [1.82, 2.24) is 10.2 Å². The number of ether oxygens (including phenoxy) is 1. The molecule has 0 aliphatic heterocycles. The van der Waals surface area contributed by atoms with E-state index in [-0.39, 0.29) is 23.0 Å². The molecule has 0 radical (unpaired) electrons. The zero-order chi connectivity index (χ0) is 30.7. The Morgan fingerprint density at radius 1 is 0.952 bits per heavy atom. The largest absolute Gasteiger partial charge is 0.494 e. The van der Waals surface area contributed by atoms with Crippen molar-refractivity contribution >= 4 is 39.1 Å². The van der Waals surface area contributed by atoms with Gasteiger partial charge in [-0.3, -0.25) is 13.9 Å². The zero-order valence-electron chi connectivity index (χ0n) is 24.1. The van der Waals surface area contributed by atoms with Crippen LogP contribution in [0.15, 0.2) is 77.7 Å². The molecule has 3 aromatic carbocycles. The van der Waals surface area contributed by atoms with Gasteiger partial charge in [0.05, 0.1) is 17.2 Å². The molecule has 1 N–H and O–H groups in total. The fourth-order valence-corrected chi connectivity index (χ4v) is 5.89. The van der Waals surface area contributed by atoms with E-state index in [9.17, 15) is 22.4 Å². The van der Waals surface area contributed by atoms with Crippen molar-refractivity contribution in [2.75, 3.05) is 24.0 Å². The molecule has 0 aromatic heterocycles. The maximum Gasteiger partial charge on any atom is 0.264 e. The maximum absolute atomic E-state index is 14.1. The summed E-state index contributed by atoms with van der Waals surface area (Å²) < 4.78 is 47.8. The highest BCUT2D eigenvalue weighted by atomic mass is 35.5. The number of rotatable bonds is 15. The van der Waals surface area contributed by atoms with Gasteiger partial charge in [-0.1, -0.05) is 44.0 Å². The van der Waals surface area contributed by atoms with Gasteiger partial charge in [-0.15, -0.1) is 0 Å². The van der Waals surface area contributed by atoms with Crippen LogP contribution in [0.2, 0.25) is 5.02 Å². The lowest BCUT2D eigenvalue weighted by atomic mass is 10.1. The van der Waals surface area contributed by atoms with E-state index in [2.05, 4.69) is 5.32 Å². The van der Waals surface area contributed by atoms with Crippen LogP contribution in [0, 0.1) is 5.82 Å². The smallest absolute Gasteiger partial charge is 0.264 e. The number of carbonyl (C=O) groups excluding carboxylic acids is 2. The van der Waals surface area contributed by atoms with Crippen molar-refractivity contribution < 1.29 is 27.1 Å². The zero-order valence-corrected chi connectivity index (χ0v) is 25.6. The normalized spacial score (nSPS) is 11.9. The second kappa shape index (κ2) is 15.6. The highest BCUT2D eigenvalue weighted by Gasteiger charge is 2.33. The molecule has 8 nitrogen and oxygen atoms in total. The van der Waals surface area contributed by atoms with Crippen molar-refractivity contribution in [3.63, 3.8) is 0 Å². The molecule has 11 heteroatoms. The summed E-state index contributed by atoms with van der Waals surface area (Å²) in [5.41, 5.74) is 0.935. The number of sulfonamides is 1. The van der Waals surface area contributed by atoms with Crippen LogP contribution in [0.4, 0.5) is 10.1 Å². The van der Waals surface area contributed by atoms with Gasteiger partial charge in [0.2, 0.25) is 11.8 Å². The summed E-state index contributed by atoms with van der Waals surface area (Å²) in [6, 6.07) is 16.7. The van der Waals surface area contributed by atoms with E-state index in [1.165, 1.54) is 17.0 Å². The molecule has 3 aromatic rings. The van der Waals surface area contributed by atoms with Crippen LogP contribution in [0.25, 0.3) is 0 Å². The summed E-state index contributed by atoms with van der Waals surface area (Å²) in [7, 11) is -4.31. The van der Waals surface area contributed by atoms with Crippen molar-refractivity contribution in [3.8, 4) is 5.75 Å². The summed E-state index contributed by atoms with van der Waals surface area (Å²) in [5.74, 6) is -0.957. The molecule has 0 spiro atoms. The fourth-order valence-electron chi connectivity index (χ4n) is 4.35. The second-order valence-corrected chi connectivity index (χ2v) is 11.9. The van der Waals surface area contributed by atoms with Crippen LogP contribution in [0.1, 0.15) is 45.6 Å². The maximum atomic E-state index is 14.1. The topological polar surface area (TPSA) is 96.0 Å². The molecule has 0 saturated carbocycles. The third kappa shape index (κ3) is 8.69. The van der Waals surface area contributed by atoms with E-state index in [0.29, 0.717) is 30.3 Å². The van der Waals surface area contributed by atoms with Crippen LogP contribution in [0.5, 0.6) is 5.75 Å². The number of nitrogens with one attached hydrogen (secondary N) is 1. The average molecular weight is 618 g/mol. The highest BCUT2D eigenvalue weighted by Crippen LogP contribution is 2.27. The minimum atomic E-state index is -4.31. The number of unbranched alkanes of at least 4 members (excludes halogenated alkanes) is 1. The van der Waals surface area contributed by atoms with Gasteiger partial charge in [0.1, 0.15) is 24.2 Å². The van der Waals surface area contributed by atoms with Gasteiger partial charge < -0.3 is 15.0 Å². The first-order valence-electron chi connectivity index (χ1n) is 13.9. The van der Waals surface area contributed by atoms with Gasteiger partial charge in [-0.25, -0.2) is 12.8 Å². The fraction of sp³-hybridized carbons (Fsp3) is 0.355. The van der Waals surface area contributed by atoms with Gasteiger partial charge in [0.25, 0.3) is 10.0 Å². The van der Waals surface area contributed by atoms with Gasteiger partial charge in [0.15, 0.2) is 0 Å². The SMILES string of the molecule is CCCCNC(=O)C(CC)N(Cc1ccc(Cl)cc1)C(=O)CN(c1ccc(OCC)cc1)S(=O)(=O)c1ccc(F)cc1. The van der Waals surface area contributed by atoms with Crippen LogP contribution in [0.3, 0.4) is 0 Å². The van der Waals surface area contributed by atoms with E-state index < -0.39 is 34.3 Å². The molecule has 226 valence electrons. The van der Waals surface area contributed by atoms with E-state index in [0.717, 1.165) is 47.0 Å². The predicted molar refractivity (Wildman–Crippen MR) is 163 cm³/mol. The lowest BCUT2D eigenvalue weighted by Gasteiger charge is -2.33. The number of amides is 2. The summed E-state index contributed by atoms with van der Waals surface area (Å²) in [6.45, 7) is 5.99. The van der Waals surface area contributed by atoms with Crippen molar-refractivity contribution in [2.24, 2.45) is 0 Å². The van der Waals surface area contributed by atoms with Gasteiger partial charge in [0, 0.05) is 18.1 Å². The third-order valence-electron chi connectivity index (χ3n) is 6.60. The quantitative estimate of drug-likeness (QED) is 0.218. The minimum Gasteiger partial charge on any atom is -0.494 e. The first-order valence-corrected chi connectivity index (χ1v) is 15.7. The molecule has 0 fully saturated rings. The van der Waals surface area contributed by atoms with Gasteiger partial charge in [-0.2, -0.15) is 0 Å². The van der Waals surface area contributed by atoms with Gasteiger partial charge in [-0.05, 0) is 86.0 Å². The molecule has 0 aliphatic rings. The van der Waals surface area contributed by atoms with Crippen LogP contribution >= 0.6 is 11.6 Å². The summed E-state index contributed by atoms with van der Waals surface area (Å²) in [5, 5.41) is 3.42. The first kappa shape index (κ1) is 32.9. The monoisotopic (exact) mass is 617 g/mol. The lowest BCUT2D eigenvalue weighted by molar-refractivity contribution is -0.140. The Hall–Kier alpha value is -3.63. The van der Waals surface area contributed by atoms with Gasteiger partial charge >= 0.3 is 0 Å². The number of carbonyl (C=O) groups is 2. The van der Waals surface area contributed by atoms with Crippen LogP contribution in [-0.4, -0.2) is 50.9 Å². The molecular weight excluding hydrogens is 581 g/mol. The number of hydrogen-bond acceptors (Lipinski definition) is 5. The molecule has 0 heterocycles. The van der Waals surface area contributed by atoms with Crippen LogP contribution in [-0.2, 0) is 26.2 Å². The summed E-state index contributed by atoms with van der Waals surface area (Å²) >= 11 is 6.06. The standard InChI is InChI=1S/C31H37ClFN3O5S/c1-4-7-20-34-31(38)29(5-2)35(21-23-8-10-24(32)11-9-23)30(37)22-36(26-14-16-27(17-15-26)41-6-3)42(39,40)28-18-12-25(33)13-19-28/h8-19,29H,4-7,20-22H2,1-3H3,(H,34,38). The van der Waals surface area contributed by atoms with Crippen molar-refractivity contribution in [1.29, 1.82) is 0 Å². The molecule has 0 bridgehead atoms. The molecule has 1 atom stereocenters. The molecule has 0 aliphatic carbocycles. The van der Waals surface area contributed by atoms with E-state index in [1.807, 2.05) is 13.8 Å². The third-order valence-corrected chi connectivity index (χ3v) is 8.64. The number of nitrogens with zero attached hydrogens (tertiary/aromatic N) is 2. The Morgan fingerprint density at radius 2 is 1.60 bits per heavy atom.